The van der Waals surface area contributed by atoms with E-state index in [4.69, 9.17) is 9.72 Å². The number of thiophene rings is 1. The summed E-state index contributed by atoms with van der Waals surface area (Å²) in [5, 5.41) is 6.02. The van der Waals surface area contributed by atoms with Gasteiger partial charge in [0, 0.05) is 26.4 Å². The number of carbonyl (C=O) groups excluding carboxylic acids is 2. The van der Waals surface area contributed by atoms with E-state index in [2.05, 4.69) is 21.2 Å². The number of esters is 1. The van der Waals surface area contributed by atoms with Gasteiger partial charge in [-0.3, -0.25) is 4.79 Å². The molecule has 0 saturated carbocycles. The maximum absolute atomic E-state index is 13.6. The first-order valence-corrected chi connectivity index (χ1v) is 13.0. The molecule has 5 nitrogen and oxygen atoms in total. The van der Waals surface area contributed by atoms with Crippen molar-refractivity contribution in [2.45, 2.75) is 6.92 Å². The van der Waals surface area contributed by atoms with Gasteiger partial charge in [-0.2, -0.15) is 0 Å². The Kier molecular flexibility index (Phi) is 6.93. The first kappa shape index (κ1) is 23.9. The van der Waals surface area contributed by atoms with Crippen LogP contribution in [0.3, 0.4) is 0 Å². The Balaban J connectivity index is 1.58. The summed E-state index contributed by atoms with van der Waals surface area (Å²) in [6.45, 7) is 1.99. The van der Waals surface area contributed by atoms with Crippen molar-refractivity contribution in [3.63, 3.8) is 0 Å². The van der Waals surface area contributed by atoms with Crippen molar-refractivity contribution >= 4 is 55.0 Å². The van der Waals surface area contributed by atoms with E-state index >= 15 is 0 Å². The molecule has 0 aliphatic rings. The van der Waals surface area contributed by atoms with Crippen LogP contribution in [0.2, 0.25) is 0 Å². The predicted molar refractivity (Wildman–Crippen MR) is 149 cm³/mol. The van der Waals surface area contributed by atoms with Gasteiger partial charge in [0.25, 0.3) is 5.91 Å². The lowest BCUT2D eigenvalue weighted by Crippen LogP contribution is -2.15. The molecule has 2 heterocycles. The highest BCUT2D eigenvalue weighted by Crippen LogP contribution is 2.37. The fourth-order valence-corrected chi connectivity index (χ4v) is 5.20. The number of hydrogen-bond acceptors (Lipinski definition) is 5. The van der Waals surface area contributed by atoms with Gasteiger partial charge < -0.3 is 10.1 Å². The molecule has 0 aliphatic heterocycles. The van der Waals surface area contributed by atoms with E-state index in [0.717, 1.165) is 26.5 Å². The maximum atomic E-state index is 13.6. The number of carbonyl (C=O) groups is 2. The third kappa shape index (κ3) is 4.80. The molecule has 0 atom stereocenters. The number of aromatic nitrogens is 1. The molecule has 5 aromatic rings. The molecule has 2 aromatic heterocycles. The van der Waals surface area contributed by atoms with Crippen LogP contribution in [0.1, 0.15) is 27.6 Å². The van der Waals surface area contributed by atoms with E-state index in [0.29, 0.717) is 27.4 Å². The van der Waals surface area contributed by atoms with Crippen LogP contribution in [0.5, 0.6) is 0 Å². The van der Waals surface area contributed by atoms with Crippen LogP contribution in [-0.2, 0) is 4.74 Å². The van der Waals surface area contributed by atoms with Crippen LogP contribution >= 0.6 is 27.3 Å². The second-order valence-corrected chi connectivity index (χ2v) is 9.77. The maximum Gasteiger partial charge on any atom is 0.341 e. The Morgan fingerprint density at radius 1 is 0.944 bits per heavy atom. The van der Waals surface area contributed by atoms with Gasteiger partial charge in [0.1, 0.15) is 10.6 Å². The van der Waals surface area contributed by atoms with Crippen molar-refractivity contribution in [3.05, 3.63) is 106 Å². The molecule has 178 valence electrons. The Labute approximate surface area is 220 Å². The Hall–Kier alpha value is -3.81. The molecule has 1 N–H and O–H groups in total. The van der Waals surface area contributed by atoms with Crippen molar-refractivity contribution in [2.24, 2.45) is 0 Å². The lowest BCUT2D eigenvalue weighted by molar-refractivity contribution is 0.0529. The van der Waals surface area contributed by atoms with Crippen LogP contribution in [-0.4, -0.2) is 23.5 Å². The summed E-state index contributed by atoms with van der Waals surface area (Å²) in [4.78, 5) is 31.4. The molecule has 0 aliphatic carbocycles. The number of nitrogens with zero attached hydrogens (tertiary/aromatic N) is 1. The molecule has 3 aromatic carbocycles. The summed E-state index contributed by atoms with van der Waals surface area (Å²) < 4.78 is 6.28. The zero-order valence-corrected chi connectivity index (χ0v) is 21.7. The molecule has 0 spiro atoms. The second-order valence-electron chi connectivity index (χ2n) is 7.97. The summed E-state index contributed by atoms with van der Waals surface area (Å²) in [5.41, 5.74) is 4.73. The van der Waals surface area contributed by atoms with Crippen molar-refractivity contribution in [2.75, 3.05) is 11.9 Å². The van der Waals surface area contributed by atoms with Gasteiger partial charge in [-0.1, -0.05) is 76.6 Å². The molecular formula is C29H21BrN2O3S. The number of hydrogen-bond donors (Lipinski definition) is 1. The highest BCUT2D eigenvalue weighted by atomic mass is 79.9. The lowest BCUT2D eigenvalue weighted by atomic mass is 10.0. The zero-order chi connectivity index (χ0) is 25.1. The molecule has 1 amide bonds. The van der Waals surface area contributed by atoms with E-state index in [1.807, 2.05) is 84.2 Å². The minimum absolute atomic E-state index is 0.233. The Morgan fingerprint density at radius 2 is 1.67 bits per heavy atom. The number of amides is 1. The number of halogens is 1. The van der Waals surface area contributed by atoms with E-state index in [9.17, 15) is 9.59 Å². The zero-order valence-electron chi connectivity index (χ0n) is 19.3. The van der Waals surface area contributed by atoms with Gasteiger partial charge in [-0.25, -0.2) is 9.78 Å². The smallest absolute Gasteiger partial charge is 0.341 e. The van der Waals surface area contributed by atoms with Crippen LogP contribution in [0.4, 0.5) is 5.00 Å². The average molecular weight is 557 g/mol. The van der Waals surface area contributed by atoms with Crippen LogP contribution in [0.15, 0.2) is 94.8 Å². The molecule has 0 bridgehead atoms. The normalized spacial score (nSPS) is 10.8. The average Bonchev–Trinajstić information content (AvgIpc) is 3.32. The molecule has 0 fully saturated rings. The predicted octanol–water partition coefficient (Wildman–Crippen LogP) is 7.82. The summed E-state index contributed by atoms with van der Waals surface area (Å²) in [6.07, 6.45) is 0. The topological polar surface area (TPSA) is 68.3 Å². The third-order valence-corrected chi connectivity index (χ3v) is 7.11. The molecule has 7 heteroatoms. The fourth-order valence-electron chi connectivity index (χ4n) is 3.99. The second kappa shape index (κ2) is 10.4. The Morgan fingerprint density at radius 3 is 2.42 bits per heavy atom. The highest BCUT2D eigenvalue weighted by Gasteiger charge is 2.24. The van der Waals surface area contributed by atoms with Crippen molar-refractivity contribution in [1.82, 2.24) is 4.98 Å². The number of rotatable bonds is 6. The van der Waals surface area contributed by atoms with E-state index in [1.54, 1.807) is 13.0 Å². The minimum atomic E-state index is -0.475. The Bertz CT molecular complexity index is 1560. The van der Waals surface area contributed by atoms with Gasteiger partial charge in [0.15, 0.2) is 0 Å². The molecular weight excluding hydrogens is 536 g/mol. The number of benzene rings is 3. The molecule has 36 heavy (non-hydrogen) atoms. The first-order chi connectivity index (χ1) is 17.5. The van der Waals surface area contributed by atoms with E-state index < -0.39 is 5.97 Å². The van der Waals surface area contributed by atoms with Gasteiger partial charge in [-0.15, -0.1) is 11.3 Å². The quantitative estimate of drug-likeness (QED) is 0.216. The number of fused-ring (bicyclic) bond motifs is 1. The standard InChI is InChI=1S/C29H21BrN2O3S/c1-2-35-29(34)26-23(18-12-14-20(30)15-13-18)17-36-28(26)32-27(33)22-16-25(19-8-4-3-5-9-19)31-24-11-7-6-10-21(22)24/h3-17H,2H2,1H3,(H,32,33). The number of anilines is 1. The van der Waals surface area contributed by atoms with Gasteiger partial charge in [0.05, 0.1) is 23.4 Å². The van der Waals surface area contributed by atoms with Crippen molar-refractivity contribution < 1.29 is 14.3 Å². The van der Waals surface area contributed by atoms with E-state index in [-0.39, 0.29) is 12.5 Å². The lowest BCUT2D eigenvalue weighted by Gasteiger charge is -2.12. The van der Waals surface area contributed by atoms with Gasteiger partial charge in [-0.05, 0) is 36.8 Å². The summed E-state index contributed by atoms with van der Waals surface area (Å²) in [7, 11) is 0. The van der Waals surface area contributed by atoms with Gasteiger partial charge >= 0.3 is 5.97 Å². The monoisotopic (exact) mass is 556 g/mol. The van der Waals surface area contributed by atoms with Crippen molar-refractivity contribution in [3.8, 4) is 22.4 Å². The highest BCUT2D eigenvalue weighted by molar-refractivity contribution is 9.10. The van der Waals surface area contributed by atoms with Crippen LogP contribution < -0.4 is 5.32 Å². The number of nitrogens with one attached hydrogen (secondary N) is 1. The number of para-hydroxylation sites is 1. The van der Waals surface area contributed by atoms with Crippen molar-refractivity contribution in [1.29, 1.82) is 0 Å². The molecule has 0 radical (unpaired) electrons. The number of ether oxygens (including phenoxy) is 1. The van der Waals surface area contributed by atoms with Crippen LogP contribution in [0.25, 0.3) is 33.3 Å². The third-order valence-electron chi connectivity index (χ3n) is 5.68. The fraction of sp³-hybridized carbons (Fsp3) is 0.0690. The van der Waals surface area contributed by atoms with E-state index in [1.165, 1.54) is 11.3 Å². The van der Waals surface area contributed by atoms with Gasteiger partial charge in [0.2, 0.25) is 0 Å². The first-order valence-electron chi connectivity index (χ1n) is 11.4. The number of pyridine rings is 1. The summed E-state index contributed by atoms with van der Waals surface area (Å²) >= 11 is 4.74. The molecule has 0 unspecified atom stereocenters. The molecule has 5 rings (SSSR count). The molecule has 0 saturated heterocycles. The SMILES string of the molecule is CCOC(=O)c1c(-c2ccc(Br)cc2)csc1NC(=O)c1cc(-c2ccccc2)nc2ccccc12. The summed E-state index contributed by atoms with van der Waals surface area (Å²) in [6, 6.07) is 26.7. The largest absolute Gasteiger partial charge is 0.462 e. The summed E-state index contributed by atoms with van der Waals surface area (Å²) in [5.74, 6) is -0.794. The minimum Gasteiger partial charge on any atom is -0.462 e. The van der Waals surface area contributed by atoms with Crippen LogP contribution in [0, 0.1) is 0 Å².